The number of para-hydroxylation sites is 1. The van der Waals surface area contributed by atoms with Crippen LogP contribution in [0.15, 0.2) is 48.5 Å². The minimum atomic E-state index is -0.797. The number of hydrogen-bond donors (Lipinski definition) is 1. The molecule has 1 aliphatic rings. The van der Waals surface area contributed by atoms with Gasteiger partial charge in [0.15, 0.2) is 0 Å². The summed E-state index contributed by atoms with van der Waals surface area (Å²) in [6, 6.07) is 15.4. The fourth-order valence-electron chi connectivity index (χ4n) is 2.87. The molecular weight excluding hydrogens is 264 g/mol. The van der Waals surface area contributed by atoms with Gasteiger partial charge in [-0.15, -0.1) is 0 Å². The van der Waals surface area contributed by atoms with Crippen LogP contribution in [0.5, 0.6) is 5.75 Å². The fraction of sp³-hybridized carbons (Fsp3) is 0.278. The first-order valence-corrected chi connectivity index (χ1v) is 7.27. The molecule has 0 saturated heterocycles. The third-order valence-corrected chi connectivity index (χ3v) is 3.94. The van der Waals surface area contributed by atoms with Crippen molar-refractivity contribution in [3.05, 3.63) is 65.2 Å². The molecule has 0 saturated carbocycles. The predicted molar refractivity (Wildman–Crippen MR) is 80.8 cm³/mol. The average molecular weight is 282 g/mol. The van der Waals surface area contributed by atoms with Gasteiger partial charge in [0.1, 0.15) is 5.75 Å². The molecule has 0 fully saturated rings. The summed E-state index contributed by atoms with van der Waals surface area (Å²) in [6.45, 7) is 0.715. The third kappa shape index (κ3) is 2.92. The van der Waals surface area contributed by atoms with Gasteiger partial charge in [-0.3, -0.25) is 4.79 Å². The Kier molecular flexibility index (Phi) is 3.91. The van der Waals surface area contributed by atoms with Gasteiger partial charge in [0.25, 0.3) is 0 Å². The molecule has 1 heterocycles. The van der Waals surface area contributed by atoms with Crippen molar-refractivity contribution in [2.24, 2.45) is 0 Å². The van der Waals surface area contributed by atoms with Crippen molar-refractivity contribution in [3.8, 4) is 5.75 Å². The Labute approximate surface area is 124 Å². The SMILES string of the molecule is O=C(O)C(Cc1cccc2c1OCCC2)c1ccccc1. The number of hydrogen-bond acceptors (Lipinski definition) is 2. The second-order valence-electron chi connectivity index (χ2n) is 5.36. The van der Waals surface area contributed by atoms with Gasteiger partial charge < -0.3 is 9.84 Å². The molecule has 1 unspecified atom stereocenters. The maximum atomic E-state index is 11.6. The van der Waals surface area contributed by atoms with Gasteiger partial charge in [-0.2, -0.15) is 0 Å². The van der Waals surface area contributed by atoms with Crippen molar-refractivity contribution >= 4 is 5.97 Å². The molecule has 1 aliphatic heterocycles. The molecule has 0 aromatic heterocycles. The molecule has 21 heavy (non-hydrogen) atoms. The summed E-state index contributed by atoms with van der Waals surface area (Å²) in [7, 11) is 0. The van der Waals surface area contributed by atoms with Crippen molar-refractivity contribution in [2.75, 3.05) is 6.61 Å². The van der Waals surface area contributed by atoms with Gasteiger partial charge in [-0.05, 0) is 36.0 Å². The molecule has 108 valence electrons. The fourth-order valence-corrected chi connectivity index (χ4v) is 2.87. The number of rotatable bonds is 4. The molecule has 0 bridgehead atoms. The summed E-state index contributed by atoms with van der Waals surface area (Å²) in [4.78, 5) is 11.6. The standard InChI is InChI=1S/C18H18O3/c19-18(20)16(13-6-2-1-3-7-13)12-15-9-4-8-14-10-5-11-21-17(14)15/h1-4,6-9,16H,5,10-12H2,(H,19,20). The lowest BCUT2D eigenvalue weighted by atomic mass is 9.90. The number of aliphatic carboxylic acids is 1. The van der Waals surface area contributed by atoms with Crippen molar-refractivity contribution < 1.29 is 14.6 Å². The van der Waals surface area contributed by atoms with Crippen LogP contribution in [0.4, 0.5) is 0 Å². The van der Waals surface area contributed by atoms with Crippen LogP contribution in [0, 0.1) is 0 Å². The molecule has 0 radical (unpaired) electrons. The van der Waals surface area contributed by atoms with E-state index < -0.39 is 11.9 Å². The summed E-state index contributed by atoms with van der Waals surface area (Å²) >= 11 is 0. The Hall–Kier alpha value is -2.29. The van der Waals surface area contributed by atoms with Gasteiger partial charge in [-0.25, -0.2) is 0 Å². The number of aryl methyl sites for hydroxylation is 1. The normalized spacial score (nSPS) is 14.9. The highest BCUT2D eigenvalue weighted by Crippen LogP contribution is 2.32. The lowest BCUT2D eigenvalue weighted by Gasteiger charge is -2.22. The lowest BCUT2D eigenvalue weighted by molar-refractivity contribution is -0.138. The Morgan fingerprint density at radius 3 is 2.71 bits per heavy atom. The first-order chi connectivity index (χ1) is 10.3. The van der Waals surface area contributed by atoms with Crippen LogP contribution in [0.25, 0.3) is 0 Å². The zero-order valence-corrected chi connectivity index (χ0v) is 11.8. The number of carbonyl (C=O) groups is 1. The van der Waals surface area contributed by atoms with E-state index in [0.29, 0.717) is 13.0 Å². The summed E-state index contributed by atoms with van der Waals surface area (Å²) in [6.07, 6.45) is 2.49. The largest absolute Gasteiger partial charge is 0.493 e. The van der Waals surface area contributed by atoms with Crippen LogP contribution in [-0.2, 0) is 17.6 Å². The van der Waals surface area contributed by atoms with Crippen LogP contribution in [0.1, 0.15) is 29.0 Å². The first kappa shape index (κ1) is 13.7. The molecule has 1 N–H and O–H groups in total. The van der Waals surface area contributed by atoms with Crippen molar-refractivity contribution in [1.29, 1.82) is 0 Å². The highest BCUT2D eigenvalue weighted by molar-refractivity contribution is 5.76. The van der Waals surface area contributed by atoms with E-state index in [4.69, 9.17) is 4.74 Å². The van der Waals surface area contributed by atoms with E-state index in [1.807, 2.05) is 42.5 Å². The second-order valence-corrected chi connectivity index (χ2v) is 5.36. The molecular formula is C18H18O3. The molecule has 2 aromatic carbocycles. The Balaban J connectivity index is 1.92. The average Bonchev–Trinajstić information content (AvgIpc) is 2.53. The Morgan fingerprint density at radius 2 is 1.95 bits per heavy atom. The molecule has 3 heteroatoms. The number of ether oxygens (including phenoxy) is 1. The number of fused-ring (bicyclic) bond motifs is 1. The highest BCUT2D eigenvalue weighted by Gasteiger charge is 2.23. The van der Waals surface area contributed by atoms with Crippen molar-refractivity contribution in [3.63, 3.8) is 0 Å². The monoisotopic (exact) mass is 282 g/mol. The molecule has 0 amide bonds. The Bertz CT molecular complexity index is 634. The number of carboxylic acid groups (broad SMARTS) is 1. The molecule has 0 aliphatic carbocycles. The summed E-state index contributed by atoms with van der Waals surface area (Å²) in [5, 5.41) is 9.55. The minimum Gasteiger partial charge on any atom is -0.493 e. The summed E-state index contributed by atoms with van der Waals surface area (Å²) in [5.74, 6) is -0.441. The molecule has 1 atom stereocenters. The third-order valence-electron chi connectivity index (χ3n) is 3.94. The number of carboxylic acids is 1. The van der Waals surface area contributed by atoms with Crippen molar-refractivity contribution in [2.45, 2.75) is 25.2 Å². The quantitative estimate of drug-likeness (QED) is 0.934. The number of benzene rings is 2. The van der Waals surface area contributed by atoms with E-state index in [2.05, 4.69) is 6.07 Å². The molecule has 2 aromatic rings. The zero-order valence-electron chi connectivity index (χ0n) is 11.8. The van der Waals surface area contributed by atoms with E-state index in [1.165, 1.54) is 5.56 Å². The topological polar surface area (TPSA) is 46.5 Å². The maximum Gasteiger partial charge on any atom is 0.311 e. The van der Waals surface area contributed by atoms with Gasteiger partial charge in [0.2, 0.25) is 0 Å². The Morgan fingerprint density at radius 1 is 1.14 bits per heavy atom. The van der Waals surface area contributed by atoms with Gasteiger partial charge in [0, 0.05) is 0 Å². The van der Waals surface area contributed by atoms with E-state index in [-0.39, 0.29) is 0 Å². The highest BCUT2D eigenvalue weighted by atomic mass is 16.5. The predicted octanol–water partition coefficient (Wildman–Crippen LogP) is 3.42. The van der Waals surface area contributed by atoms with Crippen LogP contribution in [-0.4, -0.2) is 17.7 Å². The van der Waals surface area contributed by atoms with E-state index in [1.54, 1.807) is 0 Å². The van der Waals surface area contributed by atoms with Crippen molar-refractivity contribution in [1.82, 2.24) is 0 Å². The molecule has 0 spiro atoms. The van der Waals surface area contributed by atoms with Crippen LogP contribution in [0.3, 0.4) is 0 Å². The van der Waals surface area contributed by atoms with E-state index in [9.17, 15) is 9.90 Å². The lowest BCUT2D eigenvalue weighted by Crippen LogP contribution is -2.17. The summed E-state index contributed by atoms with van der Waals surface area (Å²) < 4.78 is 5.78. The molecule has 3 nitrogen and oxygen atoms in total. The molecule has 3 rings (SSSR count). The van der Waals surface area contributed by atoms with E-state index >= 15 is 0 Å². The maximum absolute atomic E-state index is 11.6. The van der Waals surface area contributed by atoms with Crippen LogP contribution >= 0.6 is 0 Å². The van der Waals surface area contributed by atoms with E-state index in [0.717, 1.165) is 29.7 Å². The first-order valence-electron chi connectivity index (χ1n) is 7.27. The van der Waals surface area contributed by atoms with Crippen LogP contribution in [0.2, 0.25) is 0 Å². The smallest absolute Gasteiger partial charge is 0.311 e. The van der Waals surface area contributed by atoms with Gasteiger partial charge >= 0.3 is 5.97 Å². The van der Waals surface area contributed by atoms with Gasteiger partial charge in [0.05, 0.1) is 12.5 Å². The zero-order chi connectivity index (χ0) is 14.7. The van der Waals surface area contributed by atoms with Crippen LogP contribution < -0.4 is 4.74 Å². The van der Waals surface area contributed by atoms with Gasteiger partial charge in [-0.1, -0.05) is 48.5 Å². The minimum absolute atomic E-state index is 0.461. The second kappa shape index (κ2) is 6.00. The summed E-state index contributed by atoms with van der Waals surface area (Å²) in [5.41, 5.74) is 3.01.